The molecule has 1 rings (SSSR count). The van der Waals surface area contributed by atoms with Crippen molar-refractivity contribution in [3.63, 3.8) is 0 Å². The highest BCUT2D eigenvalue weighted by Crippen LogP contribution is 2.10. The molecule has 0 radical (unpaired) electrons. The van der Waals surface area contributed by atoms with Crippen LogP contribution in [0.3, 0.4) is 0 Å². The largest absolute Gasteiger partial charge is 0.464 e. The van der Waals surface area contributed by atoms with Crippen LogP contribution in [0.2, 0.25) is 0 Å². The minimum absolute atomic E-state index is 0.112. The second kappa shape index (κ2) is 8.12. The van der Waals surface area contributed by atoms with Crippen LogP contribution in [0.4, 0.5) is 0 Å². The van der Waals surface area contributed by atoms with Gasteiger partial charge in [0, 0.05) is 19.1 Å². The minimum Gasteiger partial charge on any atom is -0.464 e. The number of carbonyl (C=O) groups is 2. The van der Waals surface area contributed by atoms with Crippen molar-refractivity contribution in [3.8, 4) is 0 Å². The van der Waals surface area contributed by atoms with Crippen LogP contribution in [-0.4, -0.2) is 55.1 Å². The molecule has 0 spiro atoms. The molecule has 0 aromatic rings. The molecule has 1 unspecified atom stereocenters. The highest BCUT2D eigenvalue weighted by Gasteiger charge is 2.27. The maximum Gasteiger partial charge on any atom is 0.332 e. The zero-order chi connectivity index (χ0) is 14.3. The fourth-order valence-electron chi connectivity index (χ4n) is 2.25. The van der Waals surface area contributed by atoms with E-state index >= 15 is 0 Å². The summed E-state index contributed by atoms with van der Waals surface area (Å²) in [6.45, 7) is 7.14. The first kappa shape index (κ1) is 15.9. The van der Waals surface area contributed by atoms with Gasteiger partial charge in [0.25, 0.3) is 0 Å². The molecule has 110 valence electrons. The van der Waals surface area contributed by atoms with Gasteiger partial charge in [0.05, 0.1) is 6.61 Å². The standard InChI is InChI=1S/C13H25N3O3/c1-3-7-16-8-5-10(6-9-16)15-12(17)11(14)13(18)19-4-2/h10-11H,3-9,14H2,1-2H3,(H,15,17). The van der Waals surface area contributed by atoms with Crippen LogP contribution < -0.4 is 11.1 Å². The smallest absolute Gasteiger partial charge is 0.332 e. The molecule has 1 saturated heterocycles. The lowest BCUT2D eigenvalue weighted by molar-refractivity contribution is -0.148. The lowest BCUT2D eigenvalue weighted by Gasteiger charge is -2.32. The molecular formula is C13H25N3O3. The Labute approximate surface area is 114 Å². The number of hydrogen-bond acceptors (Lipinski definition) is 5. The number of rotatable bonds is 6. The number of likely N-dealkylation sites (tertiary alicyclic amines) is 1. The quantitative estimate of drug-likeness (QED) is 0.519. The molecule has 1 aliphatic heterocycles. The number of carbonyl (C=O) groups excluding carboxylic acids is 2. The highest BCUT2D eigenvalue weighted by atomic mass is 16.5. The van der Waals surface area contributed by atoms with Crippen molar-refractivity contribution in [2.45, 2.75) is 45.2 Å². The minimum atomic E-state index is -1.21. The van der Waals surface area contributed by atoms with Gasteiger partial charge in [-0.25, -0.2) is 4.79 Å². The number of piperidine rings is 1. The lowest BCUT2D eigenvalue weighted by Crippen LogP contribution is -2.52. The van der Waals surface area contributed by atoms with Crippen LogP contribution >= 0.6 is 0 Å². The number of amides is 1. The average Bonchev–Trinajstić information content (AvgIpc) is 2.40. The second-order valence-corrected chi connectivity index (χ2v) is 4.85. The van der Waals surface area contributed by atoms with Gasteiger partial charge in [-0.15, -0.1) is 0 Å². The molecule has 0 aliphatic carbocycles. The van der Waals surface area contributed by atoms with Crippen LogP contribution in [0.1, 0.15) is 33.1 Å². The Balaban J connectivity index is 2.32. The number of ether oxygens (including phenoxy) is 1. The number of esters is 1. The Morgan fingerprint density at radius 1 is 1.37 bits per heavy atom. The van der Waals surface area contributed by atoms with Gasteiger partial charge in [-0.2, -0.15) is 0 Å². The molecule has 19 heavy (non-hydrogen) atoms. The predicted octanol–water partition coefficient (Wildman–Crippen LogP) is -0.133. The van der Waals surface area contributed by atoms with Gasteiger partial charge in [0.2, 0.25) is 5.91 Å². The summed E-state index contributed by atoms with van der Waals surface area (Å²) in [7, 11) is 0. The lowest BCUT2D eigenvalue weighted by atomic mass is 10.0. The first-order chi connectivity index (χ1) is 9.08. The van der Waals surface area contributed by atoms with Gasteiger partial charge in [0.1, 0.15) is 0 Å². The third-order valence-electron chi connectivity index (χ3n) is 3.30. The molecule has 0 bridgehead atoms. The topological polar surface area (TPSA) is 84.7 Å². The molecule has 0 saturated carbocycles. The fraction of sp³-hybridized carbons (Fsp3) is 0.846. The van der Waals surface area contributed by atoms with E-state index in [0.717, 1.165) is 38.9 Å². The maximum atomic E-state index is 11.8. The second-order valence-electron chi connectivity index (χ2n) is 4.85. The molecule has 1 aliphatic rings. The summed E-state index contributed by atoms with van der Waals surface area (Å²) in [6.07, 6.45) is 2.95. The zero-order valence-corrected chi connectivity index (χ0v) is 11.9. The molecular weight excluding hydrogens is 246 g/mol. The van der Waals surface area contributed by atoms with E-state index in [9.17, 15) is 9.59 Å². The van der Waals surface area contributed by atoms with Crippen LogP contribution in [0.15, 0.2) is 0 Å². The van der Waals surface area contributed by atoms with Crippen LogP contribution in [0, 0.1) is 0 Å². The molecule has 0 aromatic heterocycles. The third kappa shape index (κ3) is 5.16. The van der Waals surface area contributed by atoms with E-state index in [4.69, 9.17) is 10.5 Å². The van der Waals surface area contributed by atoms with Gasteiger partial charge in [-0.05, 0) is 32.7 Å². The predicted molar refractivity (Wildman–Crippen MR) is 72.5 cm³/mol. The first-order valence-corrected chi connectivity index (χ1v) is 7.03. The fourth-order valence-corrected chi connectivity index (χ4v) is 2.25. The number of hydrogen-bond donors (Lipinski definition) is 2. The Hall–Kier alpha value is -1.14. The van der Waals surface area contributed by atoms with Crippen LogP contribution in [0.25, 0.3) is 0 Å². The molecule has 6 nitrogen and oxygen atoms in total. The summed E-state index contributed by atoms with van der Waals surface area (Å²) < 4.78 is 4.73. The third-order valence-corrected chi connectivity index (χ3v) is 3.30. The van der Waals surface area contributed by atoms with E-state index in [0.29, 0.717) is 0 Å². The summed E-state index contributed by atoms with van der Waals surface area (Å²) >= 11 is 0. The normalized spacial score (nSPS) is 18.9. The molecule has 6 heteroatoms. The Morgan fingerprint density at radius 2 is 2.00 bits per heavy atom. The average molecular weight is 271 g/mol. The summed E-state index contributed by atoms with van der Waals surface area (Å²) in [5.74, 6) is -1.10. The first-order valence-electron chi connectivity index (χ1n) is 7.03. The number of nitrogens with zero attached hydrogens (tertiary/aromatic N) is 1. The summed E-state index contributed by atoms with van der Waals surface area (Å²) in [5, 5.41) is 2.83. The van der Waals surface area contributed by atoms with E-state index in [2.05, 4.69) is 17.1 Å². The van der Waals surface area contributed by atoms with Crippen molar-refractivity contribution < 1.29 is 14.3 Å². The van der Waals surface area contributed by atoms with Crippen LogP contribution in [0.5, 0.6) is 0 Å². The molecule has 1 heterocycles. The molecule has 0 aromatic carbocycles. The summed E-state index contributed by atoms with van der Waals surface area (Å²) in [5.41, 5.74) is 5.54. The van der Waals surface area contributed by atoms with Gasteiger partial charge in [0.15, 0.2) is 6.04 Å². The van der Waals surface area contributed by atoms with Crippen molar-refractivity contribution in [2.24, 2.45) is 5.73 Å². The maximum absolute atomic E-state index is 11.8. The van der Waals surface area contributed by atoms with Gasteiger partial charge in [-0.3, -0.25) is 4.79 Å². The molecule has 1 fully saturated rings. The summed E-state index contributed by atoms with van der Waals surface area (Å²) in [6, 6.07) is -1.10. The molecule has 1 amide bonds. The Kier molecular flexibility index (Phi) is 6.80. The number of nitrogens with one attached hydrogen (secondary N) is 1. The van der Waals surface area contributed by atoms with Crippen molar-refractivity contribution in [1.82, 2.24) is 10.2 Å². The van der Waals surface area contributed by atoms with E-state index in [1.165, 1.54) is 0 Å². The highest BCUT2D eigenvalue weighted by molar-refractivity contribution is 6.01. The van der Waals surface area contributed by atoms with Gasteiger partial charge in [-0.1, -0.05) is 6.92 Å². The summed E-state index contributed by atoms with van der Waals surface area (Å²) in [4.78, 5) is 25.5. The zero-order valence-electron chi connectivity index (χ0n) is 11.9. The van der Waals surface area contributed by atoms with Crippen molar-refractivity contribution in [1.29, 1.82) is 0 Å². The van der Waals surface area contributed by atoms with Crippen molar-refractivity contribution >= 4 is 11.9 Å². The van der Waals surface area contributed by atoms with E-state index in [1.54, 1.807) is 6.92 Å². The van der Waals surface area contributed by atoms with Crippen molar-refractivity contribution in [3.05, 3.63) is 0 Å². The Morgan fingerprint density at radius 3 is 2.53 bits per heavy atom. The SMILES string of the molecule is CCCN1CCC(NC(=O)C(N)C(=O)OCC)CC1. The molecule has 1 atom stereocenters. The van der Waals surface area contributed by atoms with Crippen molar-refractivity contribution in [2.75, 3.05) is 26.2 Å². The van der Waals surface area contributed by atoms with E-state index in [1.807, 2.05) is 0 Å². The monoisotopic (exact) mass is 271 g/mol. The van der Waals surface area contributed by atoms with Crippen LogP contribution in [-0.2, 0) is 14.3 Å². The Bertz CT molecular complexity index is 302. The van der Waals surface area contributed by atoms with Gasteiger partial charge >= 0.3 is 5.97 Å². The molecule has 3 N–H and O–H groups in total. The van der Waals surface area contributed by atoms with E-state index in [-0.39, 0.29) is 12.6 Å². The number of nitrogens with two attached hydrogens (primary N) is 1. The van der Waals surface area contributed by atoms with Gasteiger partial charge < -0.3 is 20.7 Å². The van der Waals surface area contributed by atoms with E-state index < -0.39 is 17.9 Å².